The second-order valence-corrected chi connectivity index (χ2v) is 7.15. The molecule has 1 heterocycles. The highest BCUT2D eigenvalue weighted by Gasteiger charge is 2.12. The van der Waals surface area contributed by atoms with Gasteiger partial charge in [0.25, 0.3) is 11.6 Å². The van der Waals surface area contributed by atoms with Gasteiger partial charge in [0.15, 0.2) is 0 Å². The maximum atomic E-state index is 12.1. The second kappa shape index (κ2) is 9.13. The van der Waals surface area contributed by atoms with Crippen molar-refractivity contribution in [3.05, 3.63) is 91.6 Å². The van der Waals surface area contributed by atoms with Crippen LogP contribution in [0.5, 0.6) is 0 Å². The number of halogens is 1. The van der Waals surface area contributed by atoms with Crippen LogP contribution in [0.3, 0.4) is 0 Å². The number of amides is 2. The summed E-state index contributed by atoms with van der Waals surface area (Å²) >= 11 is 7.11. The van der Waals surface area contributed by atoms with Gasteiger partial charge in [0.2, 0.25) is 5.91 Å². The summed E-state index contributed by atoms with van der Waals surface area (Å²) in [5.74, 6) is -0.602. The second-order valence-electron chi connectivity index (χ2n) is 5.80. The fraction of sp³-hybridized carbons (Fsp3) is 0. The molecular formula is C20H14ClN3O4S. The Hall–Kier alpha value is -3.49. The van der Waals surface area contributed by atoms with Gasteiger partial charge in [0, 0.05) is 23.5 Å². The fourth-order valence-corrected chi connectivity index (χ4v) is 3.17. The van der Waals surface area contributed by atoms with Crippen molar-refractivity contribution in [1.29, 1.82) is 0 Å². The molecule has 0 aliphatic heterocycles. The minimum atomic E-state index is -0.585. The first kappa shape index (κ1) is 20.2. The first-order valence-corrected chi connectivity index (χ1v) is 9.56. The first-order chi connectivity index (χ1) is 13.9. The molecule has 0 saturated carbocycles. The van der Waals surface area contributed by atoms with Gasteiger partial charge in [-0.25, -0.2) is 0 Å². The number of nitrogens with zero attached hydrogens (tertiary/aromatic N) is 1. The number of thiophene rings is 1. The van der Waals surface area contributed by atoms with Crippen molar-refractivity contribution < 1.29 is 14.5 Å². The standard InChI is InChI=1S/C20H14ClN3O4S/c21-16-9-3-13(12-17(16)24(27)28)4-10-19(25)22-14-5-7-15(8-6-14)23-20(26)18-2-1-11-29-18/h1-12H,(H,22,25)(H,23,26)/b10-4+. The van der Waals surface area contributed by atoms with Gasteiger partial charge in [-0.3, -0.25) is 19.7 Å². The third-order valence-corrected chi connectivity index (χ3v) is 4.94. The molecule has 0 atom stereocenters. The van der Waals surface area contributed by atoms with Crippen LogP contribution in [-0.2, 0) is 4.79 Å². The predicted octanol–water partition coefficient (Wildman–Crippen LogP) is 5.21. The van der Waals surface area contributed by atoms with Crippen LogP contribution in [0.4, 0.5) is 17.1 Å². The van der Waals surface area contributed by atoms with E-state index >= 15 is 0 Å². The Morgan fingerprint density at radius 3 is 2.34 bits per heavy atom. The van der Waals surface area contributed by atoms with E-state index in [2.05, 4.69) is 10.6 Å². The number of carbonyl (C=O) groups excluding carboxylic acids is 2. The normalized spacial score (nSPS) is 10.7. The monoisotopic (exact) mass is 427 g/mol. The van der Waals surface area contributed by atoms with Crippen molar-refractivity contribution in [3.8, 4) is 0 Å². The Labute approximate surface area is 174 Å². The Morgan fingerprint density at radius 1 is 1.03 bits per heavy atom. The molecule has 0 fully saturated rings. The van der Waals surface area contributed by atoms with Crippen molar-refractivity contribution in [2.24, 2.45) is 0 Å². The molecule has 29 heavy (non-hydrogen) atoms. The van der Waals surface area contributed by atoms with E-state index < -0.39 is 10.8 Å². The smallest absolute Gasteiger partial charge is 0.288 e. The minimum Gasteiger partial charge on any atom is -0.323 e. The van der Waals surface area contributed by atoms with Crippen molar-refractivity contribution in [3.63, 3.8) is 0 Å². The topological polar surface area (TPSA) is 101 Å². The molecule has 2 aromatic carbocycles. The molecule has 2 N–H and O–H groups in total. The van der Waals surface area contributed by atoms with Gasteiger partial charge in [-0.15, -0.1) is 11.3 Å². The summed E-state index contributed by atoms with van der Waals surface area (Å²) in [5.41, 5.74) is 1.39. The van der Waals surface area contributed by atoms with Crippen LogP contribution in [-0.4, -0.2) is 16.7 Å². The first-order valence-electron chi connectivity index (χ1n) is 8.30. The van der Waals surface area contributed by atoms with E-state index in [1.165, 1.54) is 35.6 Å². The van der Waals surface area contributed by atoms with Crippen LogP contribution in [0.1, 0.15) is 15.2 Å². The van der Waals surface area contributed by atoms with Gasteiger partial charge in [-0.1, -0.05) is 23.7 Å². The van der Waals surface area contributed by atoms with Crippen LogP contribution < -0.4 is 10.6 Å². The van der Waals surface area contributed by atoms with E-state index in [0.717, 1.165) is 0 Å². The fourth-order valence-electron chi connectivity index (χ4n) is 2.37. The maximum absolute atomic E-state index is 12.1. The average Bonchev–Trinajstić information content (AvgIpc) is 3.23. The average molecular weight is 428 g/mol. The third-order valence-electron chi connectivity index (χ3n) is 3.75. The van der Waals surface area contributed by atoms with Gasteiger partial charge in [0.05, 0.1) is 9.80 Å². The van der Waals surface area contributed by atoms with Crippen molar-refractivity contribution >= 4 is 57.9 Å². The Balaban J connectivity index is 1.59. The highest BCUT2D eigenvalue weighted by atomic mass is 35.5. The summed E-state index contributed by atoms with van der Waals surface area (Å²) in [7, 11) is 0. The predicted molar refractivity (Wildman–Crippen MR) is 114 cm³/mol. The molecule has 0 saturated heterocycles. The molecule has 0 spiro atoms. The molecule has 2 amide bonds. The molecule has 9 heteroatoms. The lowest BCUT2D eigenvalue weighted by atomic mass is 10.2. The van der Waals surface area contributed by atoms with Gasteiger partial charge >= 0.3 is 0 Å². The lowest BCUT2D eigenvalue weighted by Gasteiger charge is -2.06. The summed E-state index contributed by atoms with van der Waals surface area (Å²) in [4.78, 5) is 35.0. The van der Waals surface area contributed by atoms with Crippen molar-refractivity contribution in [2.45, 2.75) is 0 Å². The third kappa shape index (κ3) is 5.50. The van der Waals surface area contributed by atoms with E-state index in [0.29, 0.717) is 21.8 Å². The van der Waals surface area contributed by atoms with Gasteiger partial charge in [-0.05, 0) is 53.4 Å². The zero-order valence-corrected chi connectivity index (χ0v) is 16.4. The molecular weight excluding hydrogens is 414 g/mol. The zero-order valence-electron chi connectivity index (χ0n) is 14.8. The van der Waals surface area contributed by atoms with Crippen LogP contribution in [0.15, 0.2) is 66.1 Å². The SMILES string of the molecule is O=C(/C=C/c1ccc(Cl)c([N+](=O)[O-])c1)Nc1ccc(NC(=O)c2cccs2)cc1. The number of hydrogen-bond acceptors (Lipinski definition) is 5. The lowest BCUT2D eigenvalue weighted by Crippen LogP contribution is -2.10. The number of nitro benzene ring substituents is 1. The summed E-state index contributed by atoms with van der Waals surface area (Å²) in [5, 5.41) is 18.2. The van der Waals surface area contributed by atoms with Crippen LogP contribution >= 0.6 is 22.9 Å². The number of nitro groups is 1. The van der Waals surface area contributed by atoms with E-state index in [9.17, 15) is 19.7 Å². The maximum Gasteiger partial charge on any atom is 0.288 e. The largest absolute Gasteiger partial charge is 0.323 e. The number of benzene rings is 2. The number of nitrogens with one attached hydrogen (secondary N) is 2. The molecule has 0 aliphatic rings. The Bertz CT molecular complexity index is 1080. The highest BCUT2D eigenvalue weighted by Crippen LogP contribution is 2.25. The highest BCUT2D eigenvalue weighted by molar-refractivity contribution is 7.12. The van der Waals surface area contributed by atoms with Crippen molar-refractivity contribution in [1.82, 2.24) is 0 Å². The van der Waals surface area contributed by atoms with Gasteiger partial charge in [0.1, 0.15) is 5.02 Å². The molecule has 146 valence electrons. The van der Waals surface area contributed by atoms with E-state index in [-0.39, 0.29) is 16.6 Å². The Kier molecular flexibility index (Phi) is 6.38. The number of anilines is 2. The number of rotatable bonds is 6. The molecule has 0 aliphatic carbocycles. The van der Waals surface area contributed by atoms with Crippen molar-refractivity contribution in [2.75, 3.05) is 10.6 Å². The molecule has 7 nitrogen and oxygen atoms in total. The molecule has 0 radical (unpaired) electrons. The molecule has 1 aromatic heterocycles. The summed E-state index contributed by atoms with van der Waals surface area (Å²) in [6.07, 6.45) is 2.72. The van der Waals surface area contributed by atoms with Crippen LogP contribution in [0.2, 0.25) is 5.02 Å². The minimum absolute atomic E-state index is 0.0304. The molecule has 0 unspecified atom stereocenters. The number of hydrogen-bond donors (Lipinski definition) is 2. The van der Waals surface area contributed by atoms with Gasteiger partial charge < -0.3 is 10.6 Å². The van der Waals surface area contributed by atoms with E-state index in [4.69, 9.17) is 11.6 Å². The van der Waals surface area contributed by atoms with Crippen LogP contribution in [0.25, 0.3) is 6.08 Å². The summed E-state index contributed by atoms with van der Waals surface area (Å²) in [6.45, 7) is 0. The van der Waals surface area contributed by atoms with E-state index in [1.807, 2.05) is 5.38 Å². The summed E-state index contributed by atoms with van der Waals surface area (Å²) < 4.78 is 0. The zero-order chi connectivity index (χ0) is 20.8. The Morgan fingerprint density at radius 2 is 1.72 bits per heavy atom. The number of carbonyl (C=O) groups is 2. The molecule has 3 rings (SSSR count). The van der Waals surface area contributed by atoms with Crippen LogP contribution in [0, 0.1) is 10.1 Å². The lowest BCUT2D eigenvalue weighted by molar-refractivity contribution is -0.384. The van der Waals surface area contributed by atoms with E-state index in [1.54, 1.807) is 42.5 Å². The quantitative estimate of drug-likeness (QED) is 0.320. The van der Waals surface area contributed by atoms with Gasteiger partial charge in [-0.2, -0.15) is 0 Å². The molecule has 0 bridgehead atoms. The molecule has 3 aromatic rings. The summed E-state index contributed by atoms with van der Waals surface area (Å²) in [6, 6.07) is 14.5.